The Hall–Kier alpha value is -1.51. The van der Waals surface area contributed by atoms with Gasteiger partial charge in [-0.2, -0.15) is 0 Å². The Bertz CT molecular complexity index is 516. The molecule has 108 valence electrons. The van der Waals surface area contributed by atoms with Gasteiger partial charge in [0.05, 0.1) is 0 Å². The first-order valence-corrected chi connectivity index (χ1v) is 7.77. The monoisotopic (exact) mass is 272 g/mol. The second-order valence-corrected chi connectivity index (χ2v) is 6.38. The third-order valence-electron chi connectivity index (χ3n) is 4.79. The fourth-order valence-corrected chi connectivity index (χ4v) is 3.14. The summed E-state index contributed by atoms with van der Waals surface area (Å²) >= 11 is 0. The van der Waals surface area contributed by atoms with Crippen LogP contribution in [0.3, 0.4) is 0 Å². The molecule has 0 heterocycles. The maximum Gasteiger partial charge on any atom is 0.251 e. The van der Waals surface area contributed by atoms with Crippen LogP contribution in [0.1, 0.15) is 48.5 Å². The second kappa shape index (κ2) is 5.12. The predicted octanol–water partition coefficient (Wildman–Crippen LogP) is 3.35. The molecule has 2 aliphatic carbocycles. The van der Waals surface area contributed by atoms with E-state index in [1.54, 1.807) is 0 Å². The molecular formula is C17H24N2O. The van der Waals surface area contributed by atoms with Crippen LogP contribution in [0, 0.1) is 18.3 Å². The van der Waals surface area contributed by atoms with Crippen LogP contribution in [-0.4, -0.2) is 19.0 Å². The van der Waals surface area contributed by atoms with Gasteiger partial charge in [0, 0.05) is 24.3 Å². The van der Waals surface area contributed by atoms with Crippen molar-refractivity contribution in [1.82, 2.24) is 5.32 Å². The van der Waals surface area contributed by atoms with Gasteiger partial charge >= 0.3 is 0 Å². The first kappa shape index (κ1) is 13.5. The zero-order valence-corrected chi connectivity index (χ0v) is 12.5. The Labute approximate surface area is 121 Å². The number of hydrogen-bond acceptors (Lipinski definition) is 2. The molecule has 2 saturated carbocycles. The summed E-state index contributed by atoms with van der Waals surface area (Å²) in [6.07, 6.45) is 5.34. The van der Waals surface area contributed by atoms with Gasteiger partial charge in [-0.25, -0.2) is 0 Å². The van der Waals surface area contributed by atoms with Crippen molar-refractivity contribution in [3.8, 4) is 0 Å². The molecule has 0 radical (unpaired) electrons. The molecule has 2 fully saturated rings. The van der Waals surface area contributed by atoms with E-state index in [9.17, 15) is 4.79 Å². The number of carbonyl (C=O) groups excluding carboxylic acids is 1. The lowest BCUT2D eigenvalue weighted by Crippen LogP contribution is -2.31. The van der Waals surface area contributed by atoms with E-state index < -0.39 is 0 Å². The molecule has 2 N–H and O–H groups in total. The van der Waals surface area contributed by atoms with Crippen molar-refractivity contribution in [2.24, 2.45) is 11.3 Å². The molecule has 1 amide bonds. The minimum atomic E-state index is 0.0723. The Kier molecular flexibility index (Phi) is 3.45. The van der Waals surface area contributed by atoms with Crippen LogP contribution in [0.5, 0.6) is 0 Å². The van der Waals surface area contributed by atoms with Crippen LogP contribution in [0.25, 0.3) is 0 Å². The average Bonchev–Trinajstić information content (AvgIpc) is 3.30. The van der Waals surface area contributed by atoms with E-state index in [2.05, 4.69) is 17.6 Å². The highest BCUT2D eigenvalue weighted by atomic mass is 16.1. The molecule has 0 saturated heterocycles. The third kappa shape index (κ3) is 2.67. The predicted molar refractivity (Wildman–Crippen MR) is 82.1 cm³/mol. The maximum atomic E-state index is 12.3. The van der Waals surface area contributed by atoms with Crippen LogP contribution in [-0.2, 0) is 0 Å². The number of amides is 1. The summed E-state index contributed by atoms with van der Waals surface area (Å²) in [5.74, 6) is 0.962. The van der Waals surface area contributed by atoms with Crippen molar-refractivity contribution < 1.29 is 4.79 Å². The smallest absolute Gasteiger partial charge is 0.251 e. The van der Waals surface area contributed by atoms with Gasteiger partial charge in [-0.05, 0) is 74.6 Å². The van der Waals surface area contributed by atoms with Crippen molar-refractivity contribution in [2.75, 3.05) is 18.4 Å². The molecule has 1 aromatic carbocycles. The molecular weight excluding hydrogens is 248 g/mol. The number of rotatable bonds is 6. The van der Waals surface area contributed by atoms with Gasteiger partial charge in [0.15, 0.2) is 0 Å². The molecule has 0 bridgehead atoms. The average molecular weight is 272 g/mol. The lowest BCUT2D eigenvalue weighted by Gasteiger charge is -2.15. The van der Waals surface area contributed by atoms with Crippen molar-refractivity contribution in [2.45, 2.75) is 39.5 Å². The molecule has 20 heavy (non-hydrogen) atoms. The highest BCUT2D eigenvalue weighted by Crippen LogP contribution is 2.60. The SMILES string of the molecule is CCNc1ccc(C(=O)NCC2(C3CC3)CC2)cc1C. The van der Waals surface area contributed by atoms with Crippen LogP contribution in [0.4, 0.5) is 5.69 Å². The zero-order valence-electron chi connectivity index (χ0n) is 12.5. The van der Waals surface area contributed by atoms with Crippen LogP contribution in [0.2, 0.25) is 0 Å². The number of hydrogen-bond donors (Lipinski definition) is 2. The van der Waals surface area contributed by atoms with E-state index in [0.717, 1.165) is 35.8 Å². The largest absolute Gasteiger partial charge is 0.385 e. The van der Waals surface area contributed by atoms with E-state index in [1.165, 1.54) is 25.7 Å². The molecule has 3 rings (SSSR count). The van der Waals surface area contributed by atoms with Crippen molar-refractivity contribution in [3.05, 3.63) is 29.3 Å². The Morgan fingerprint density at radius 2 is 2.10 bits per heavy atom. The first-order chi connectivity index (χ1) is 9.64. The second-order valence-electron chi connectivity index (χ2n) is 6.38. The quantitative estimate of drug-likeness (QED) is 0.834. The lowest BCUT2D eigenvalue weighted by molar-refractivity contribution is 0.0942. The summed E-state index contributed by atoms with van der Waals surface area (Å²) in [7, 11) is 0. The Balaban J connectivity index is 1.60. The van der Waals surface area contributed by atoms with E-state index in [0.29, 0.717) is 5.41 Å². The van der Waals surface area contributed by atoms with E-state index in [4.69, 9.17) is 0 Å². The molecule has 0 spiro atoms. The fourth-order valence-electron chi connectivity index (χ4n) is 3.14. The third-order valence-corrected chi connectivity index (χ3v) is 4.79. The van der Waals surface area contributed by atoms with E-state index in [1.807, 2.05) is 25.1 Å². The fraction of sp³-hybridized carbons (Fsp3) is 0.588. The minimum Gasteiger partial charge on any atom is -0.385 e. The molecule has 0 aliphatic heterocycles. The Morgan fingerprint density at radius 3 is 2.65 bits per heavy atom. The summed E-state index contributed by atoms with van der Waals surface area (Å²) in [6.45, 7) is 5.88. The van der Waals surface area contributed by atoms with E-state index >= 15 is 0 Å². The molecule has 0 unspecified atom stereocenters. The summed E-state index contributed by atoms with van der Waals surface area (Å²) in [6, 6.07) is 5.89. The van der Waals surface area contributed by atoms with Crippen LogP contribution >= 0.6 is 0 Å². The van der Waals surface area contributed by atoms with Crippen molar-refractivity contribution in [3.63, 3.8) is 0 Å². The van der Waals surface area contributed by atoms with E-state index in [-0.39, 0.29) is 5.91 Å². The summed E-state index contributed by atoms with van der Waals surface area (Å²) in [4.78, 5) is 12.3. The van der Waals surface area contributed by atoms with Crippen molar-refractivity contribution >= 4 is 11.6 Å². The molecule has 3 heteroatoms. The topological polar surface area (TPSA) is 41.1 Å². The first-order valence-electron chi connectivity index (χ1n) is 7.77. The highest BCUT2D eigenvalue weighted by molar-refractivity contribution is 5.94. The number of benzene rings is 1. The van der Waals surface area contributed by atoms with Gasteiger partial charge in [0.2, 0.25) is 0 Å². The van der Waals surface area contributed by atoms with Crippen molar-refractivity contribution in [1.29, 1.82) is 0 Å². The highest BCUT2D eigenvalue weighted by Gasteiger charge is 2.53. The standard InChI is InChI=1S/C17H24N2O/c1-3-18-15-7-4-13(10-12(15)2)16(20)19-11-17(8-9-17)14-5-6-14/h4,7,10,14,18H,3,5-6,8-9,11H2,1-2H3,(H,19,20). The number of nitrogens with one attached hydrogen (secondary N) is 2. The van der Waals surface area contributed by atoms with Gasteiger partial charge in [-0.3, -0.25) is 4.79 Å². The minimum absolute atomic E-state index is 0.0723. The molecule has 2 aliphatic rings. The maximum absolute atomic E-state index is 12.3. The summed E-state index contributed by atoms with van der Waals surface area (Å²) in [5, 5.41) is 6.44. The molecule has 0 atom stereocenters. The van der Waals surface area contributed by atoms with Crippen LogP contribution in [0.15, 0.2) is 18.2 Å². The van der Waals surface area contributed by atoms with Gasteiger partial charge in [-0.15, -0.1) is 0 Å². The van der Waals surface area contributed by atoms with Gasteiger partial charge in [0.25, 0.3) is 5.91 Å². The molecule has 3 nitrogen and oxygen atoms in total. The summed E-state index contributed by atoms with van der Waals surface area (Å²) in [5.41, 5.74) is 3.48. The lowest BCUT2D eigenvalue weighted by atomic mass is 10.0. The number of aryl methyl sites for hydroxylation is 1. The van der Waals surface area contributed by atoms with Gasteiger partial charge in [0.1, 0.15) is 0 Å². The van der Waals surface area contributed by atoms with Crippen LogP contribution < -0.4 is 10.6 Å². The summed E-state index contributed by atoms with van der Waals surface area (Å²) < 4.78 is 0. The van der Waals surface area contributed by atoms with Gasteiger partial charge < -0.3 is 10.6 Å². The van der Waals surface area contributed by atoms with Gasteiger partial charge in [-0.1, -0.05) is 0 Å². The zero-order chi connectivity index (χ0) is 14.2. The number of anilines is 1. The Morgan fingerprint density at radius 1 is 1.35 bits per heavy atom. The molecule has 0 aromatic heterocycles. The number of carbonyl (C=O) groups is 1. The normalized spacial score (nSPS) is 19.5. The molecule has 1 aromatic rings.